The highest BCUT2D eigenvalue weighted by molar-refractivity contribution is 8.14. The number of amidine groups is 1. The number of nitrogens with one attached hydrogen (secondary N) is 1. The molecule has 3 aromatic carbocycles. The van der Waals surface area contributed by atoms with Crippen LogP contribution in [0.15, 0.2) is 83.2 Å². The predicted molar refractivity (Wildman–Crippen MR) is 160 cm³/mol. The second-order valence-corrected chi connectivity index (χ2v) is 10.4. The van der Waals surface area contributed by atoms with Gasteiger partial charge in [0, 0.05) is 23.5 Å². The number of aryl methyl sites for hydroxylation is 2. The molecule has 0 aliphatic carbocycles. The number of ether oxygens (including phenoxy) is 1. The number of aromatic nitrogens is 3. The molecule has 1 aromatic heterocycles. The van der Waals surface area contributed by atoms with Crippen molar-refractivity contribution in [3.8, 4) is 22.8 Å². The van der Waals surface area contributed by atoms with Crippen LogP contribution >= 0.6 is 24.0 Å². The van der Waals surface area contributed by atoms with Crippen molar-refractivity contribution in [3.05, 3.63) is 89.7 Å². The number of halogens is 3. The summed E-state index contributed by atoms with van der Waals surface area (Å²) in [7, 11) is 0. The lowest BCUT2D eigenvalue weighted by Crippen LogP contribution is -2.27. The summed E-state index contributed by atoms with van der Waals surface area (Å²) in [4.78, 5) is 11.1. The molecule has 0 atom stereocenters. The summed E-state index contributed by atoms with van der Waals surface area (Å²) in [6.45, 7) is 5.05. The van der Waals surface area contributed by atoms with Gasteiger partial charge in [0.2, 0.25) is 5.11 Å². The molecule has 41 heavy (non-hydrogen) atoms. The number of nitrogens with zero attached hydrogens (tertiary/aromatic N) is 6. The number of hydrogen-bond donors (Lipinski definition) is 1. The van der Waals surface area contributed by atoms with Crippen molar-refractivity contribution in [2.24, 2.45) is 10.1 Å². The minimum absolute atomic E-state index is 0.270. The fraction of sp³-hybridized carbons (Fsp3) is 0.179. The Labute approximate surface area is 244 Å². The summed E-state index contributed by atoms with van der Waals surface area (Å²) in [5.74, 6) is 1.08. The van der Waals surface area contributed by atoms with E-state index in [4.69, 9.17) is 12.2 Å². The van der Waals surface area contributed by atoms with Crippen LogP contribution in [0.1, 0.15) is 16.7 Å². The molecule has 4 aromatic rings. The first-order chi connectivity index (χ1) is 19.7. The predicted octanol–water partition coefficient (Wildman–Crippen LogP) is 6.27. The van der Waals surface area contributed by atoms with Gasteiger partial charge in [-0.1, -0.05) is 54.2 Å². The molecule has 1 saturated heterocycles. The van der Waals surface area contributed by atoms with E-state index in [0.29, 0.717) is 11.5 Å². The summed E-state index contributed by atoms with van der Waals surface area (Å²) in [5, 5.41) is 9.76. The van der Waals surface area contributed by atoms with Crippen LogP contribution in [0.3, 0.4) is 0 Å². The lowest BCUT2D eigenvalue weighted by atomic mass is 10.1. The maximum atomic E-state index is 12.4. The number of hydrazone groups is 1. The fourth-order valence-corrected chi connectivity index (χ4v) is 5.39. The summed E-state index contributed by atoms with van der Waals surface area (Å²) < 4.78 is 42.5. The minimum atomic E-state index is -4.74. The molecule has 2 heterocycles. The smallest absolute Gasteiger partial charge is 0.406 e. The van der Waals surface area contributed by atoms with Crippen LogP contribution in [0.2, 0.25) is 0 Å². The minimum Gasteiger partial charge on any atom is -0.406 e. The topological polar surface area (TPSA) is 79.9 Å². The maximum absolute atomic E-state index is 12.4. The zero-order valence-corrected chi connectivity index (χ0v) is 23.6. The Morgan fingerprint density at radius 1 is 1.05 bits per heavy atom. The third-order valence-electron chi connectivity index (χ3n) is 6.05. The normalized spacial score (nSPS) is 14.7. The van der Waals surface area contributed by atoms with Crippen molar-refractivity contribution < 1.29 is 17.9 Å². The largest absolute Gasteiger partial charge is 0.573 e. The first-order valence-corrected chi connectivity index (χ1v) is 13.8. The molecular weight excluding hydrogens is 571 g/mol. The average molecular weight is 596 g/mol. The van der Waals surface area contributed by atoms with Gasteiger partial charge in [0.1, 0.15) is 12.1 Å². The molecule has 0 radical (unpaired) electrons. The van der Waals surface area contributed by atoms with E-state index in [1.165, 1.54) is 46.4 Å². The van der Waals surface area contributed by atoms with E-state index in [-0.39, 0.29) is 10.9 Å². The molecule has 1 N–H and O–H groups in total. The number of para-hydroxylation sites is 1. The summed E-state index contributed by atoms with van der Waals surface area (Å²) in [6.07, 6.45) is -1.62. The molecule has 8 nitrogen and oxygen atoms in total. The summed E-state index contributed by atoms with van der Waals surface area (Å²) in [6, 6.07) is 19.0. The molecule has 0 amide bonds. The Morgan fingerprint density at radius 2 is 1.76 bits per heavy atom. The van der Waals surface area contributed by atoms with E-state index >= 15 is 0 Å². The Bertz CT molecular complexity index is 1580. The quantitative estimate of drug-likeness (QED) is 0.160. The van der Waals surface area contributed by atoms with Gasteiger partial charge in [-0.15, -0.1) is 18.3 Å². The molecule has 0 spiro atoms. The number of thiocarbonyl (C=S) groups is 1. The van der Waals surface area contributed by atoms with E-state index in [1.807, 2.05) is 30.3 Å². The lowest BCUT2D eigenvalue weighted by molar-refractivity contribution is -0.274. The van der Waals surface area contributed by atoms with Crippen molar-refractivity contribution >= 4 is 46.2 Å². The second kappa shape index (κ2) is 12.1. The van der Waals surface area contributed by atoms with Gasteiger partial charge in [0.25, 0.3) is 0 Å². The molecule has 1 aliphatic rings. The van der Waals surface area contributed by atoms with E-state index in [0.717, 1.165) is 34.3 Å². The SMILES string of the molecule is Cc1cccc(C)c1N1CCSC1=NC(=S)N/N=C/c1ccc(-c2ncn(-c3ccc(OC(F)(F)F)cc3)n2)cc1. The highest BCUT2D eigenvalue weighted by Gasteiger charge is 2.31. The molecule has 0 saturated carbocycles. The zero-order valence-electron chi connectivity index (χ0n) is 22.0. The third-order valence-corrected chi connectivity index (χ3v) is 7.19. The highest BCUT2D eigenvalue weighted by Crippen LogP contribution is 2.31. The molecule has 5 rings (SSSR count). The van der Waals surface area contributed by atoms with Crippen LogP contribution in [0, 0.1) is 13.8 Å². The number of rotatable bonds is 6. The van der Waals surface area contributed by atoms with Gasteiger partial charge in [-0.05, 0) is 67.0 Å². The molecular formula is C28H24F3N7OS2. The van der Waals surface area contributed by atoms with Crippen LogP contribution in [0.25, 0.3) is 17.1 Å². The number of benzene rings is 3. The van der Waals surface area contributed by atoms with Gasteiger partial charge in [-0.2, -0.15) is 10.1 Å². The van der Waals surface area contributed by atoms with Gasteiger partial charge in [-0.3, -0.25) is 5.43 Å². The molecule has 0 bridgehead atoms. The van der Waals surface area contributed by atoms with Crippen LogP contribution in [-0.4, -0.2) is 49.9 Å². The second-order valence-electron chi connectivity index (χ2n) is 8.99. The zero-order chi connectivity index (χ0) is 29.0. The van der Waals surface area contributed by atoms with Gasteiger partial charge in [0.05, 0.1) is 11.9 Å². The number of thioether (sulfide) groups is 1. The molecule has 210 valence electrons. The Hall–Kier alpha value is -4.23. The number of aliphatic imine (C=N–C) groups is 1. The monoisotopic (exact) mass is 595 g/mol. The third kappa shape index (κ3) is 7.11. The fourth-order valence-electron chi connectivity index (χ4n) is 4.25. The molecule has 13 heteroatoms. The lowest BCUT2D eigenvalue weighted by Gasteiger charge is -2.22. The van der Waals surface area contributed by atoms with Gasteiger partial charge >= 0.3 is 6.36 Å². The maximum Gasteiger partial charge on any atom is 0.573 e. The Kier molecular flexibility index (Phi) is 8.36. The molecule has 1 aliphatic heterocycles. The number of anilines is 1. The van der Waals surface area contributed by atoms with Crippen LogP contribution in [0.5, 0.6) is 5.75 Å². The van der Waals surface area contributed by atoms with Crippen LogP contribution in [0.4, 0.5) is 18.9 Å². The highest BCUT2D eigenvalue weighted by atomic mass is 32.2. The van der Waals surface area contributed by atoms with E-state index in [2.05, 4.69) is 61.2 Å². The Morgan fingerprint density at radius 3 is 2.44 bits per heavy atom. The van der Waals surface area contributed by atoms with E-state index in [1.54, 1.807) is 18.0 Å². The number of hydrogen-bond acceptors (Lipinski definition) is 6. The van der Waals surface area contributed by atoms with Crippen molar-refractivity contribution in [2.75, 3.05) is 17.2 Å². The van der Waals surface area contributed by atoms with Gasteiger partial charge in [-0.25, -0.2) is 9.67 Å². The standard InChI is InChI=1S/C28H24F3N7OS2/c1-18-4-3-5-19(2)24(18)37-14-15-41-27(37)34-26(40)35-33-16-20-6-8-21(9-7-20)25-32-17-38(36-25)22-10-12-23(13-11-22)39-28(29,30)31/h3-13,16-17H,14-15H2,1-2H3,(H,35,40)/b33-16+,34-27?. The molecule has 1 fully saturated rings. The van der Waals surface area contributed by atoms with Crippen LogP contribution in [-0.2, 0) is 0 Å². The summed E-state index contributed by atoms with van der Waals surface area (Å²) >= 11 is 7.06. The van der Waals surface area contributed by atoms with Crippen molar-refractivity contribution in [3.63, 3.8) is 0 Å². The molecule has 0 unspecified atom stereocenters. The van der Waals surface area contributed by atoms with Gasteiger partial charge < -0.3 is 9.64 Å². The van der Waals surface area contributed by atoms with Crippen LogP contribution < -0.4 is 15.1 Å². The van der Waals surface area contributed by atoms with Crippen molar-refractivity contribution in [1.82, 2.24) is 20.2 Å². The van der Waals surface area contributed by atoms with Crippen molar-refractivity contribution in [1.29, 1.82) is 0 Å². The first-order valence-electron chi connectivity index (χ1n) is 12.4. The summed E-state index contributed by atoms with van der Waals surface area (Å²) in [5.41, 5.74) is 8.49. The Balaban J connectivity index is 1.19. The average Bonchev–Trinajstić information content (AvgIpc) is 3.59. The van der Waals surface area contributed by atoms with Crippen molar-refractivity contribution in [2.45, 2.75) is 20.2 Å². The van der Waals surface area contributed by atoms with Gasteiger partial charge in [0.15, 0.2) is 11.0 Å². The number of alkyl halides is 3. The van der Waals surface area contributed by atoms with E-state index in [9.17, 15) is 13.2 Å². The first kappa shape index (κ1) is 28.3. The van der Waals surface area contributed by atoms with E-state index < -0.39 is 6.36 Å².